The van der Waals surface area contributed by atoms with Crippen LogP contribution in [0.15, 0.2) is 27.3 Å². The summed E-state index contributed by atoms with van der Waals surface area (Å²) in [4.78, 5) is 49.0. The van der Waals surface area contributed by atoms with Gasteiger partial charge in [-0.15, -0.1) is 22.7 Å². The van der Waals surface area contributed by atoms with E-state index in [9.17, 15) is 14.4 Å². The number of halogens is 1. The number of esters is 2. The van der Waals surface area contributed by atoms with Crippen LogP contribution in [0, 0.1) is 0 Å². The molecule has 3 aromatic heterocycles. The molecule has 0 amide bonds. The molecule has 4 rings (SSSR count). The van der Waals surface area contributed by atoms with Gasteiger partial charge in [0.1, 0.15) is 15.5 Å². The number of methoxy groups -OCH3 is 2. The van der Waals surface area contributed by atoms with Crippen molar-refractivity contribution in [3.8, 4) is 0 Å². The summed E-state index contributed by atoms with van der Waals surface area (Å²) < 4.78 is 11.3. The number of thioether (sulfide) groups is 1. The van der Waals surface area contributed by atoms with Crippen LogP contribution >= 0.6 is 46.0 Å². The Balaban J connectivity index is 1.66. The van der Waals surface area contributed by atoms with Crippen molar-refractivity contribution >= 4 is 78.4 Å². The van der Waals surface area contributed by atoms with E-state index in [1.165, 1.54) is 37.3 Å². The number of rotatable bonds is 6. The Morgan fingerprint density at radius 2 is 2.00 bits per heavy atom. The number of ether oxygens (including phenoxy) is 2. The Bertz CT molecular complexity index is 1380. The number of benzene rings is 1. The van der Waals surface area contributed by atoms with Gasteiger partial charge in [-0.3, -0.25) is 9.59 Å². The maximum Gasteiger partial charge on any atom is 0.348 e. The number of hydrogen-bond donors (Lipinski definition) is 1. The zero-order valence-electron chi connectivity index (χ0n) is 16.2. The first-order valence-corrected chi connectivity index (χ1v) is 11.8. The highest BCUT2D eigenvalue weighted by Crippen LogP contribution is 2.33. The van der Waals surface area contributed by atoms with Crippen LogP contribution in [0.2, 0.25) is 5.02 Å². The number of thiazole rings is 1. The number of nitrogens with one attached hydrogen (secondary N) is 1. The summed E-state index contributed by atoms with van der Waals surface area (Å²) in [6.07, 6.45) is -0.228. The molecule has 3 heterocycles. The predicted octanol–water partition coefficient (Wildman–Crippen LogP) is 4.04. The lowest BCUT2D eigenvalue weighted by molar-refractivity contribution is -0.139. The molecule has 0 unspecified atom stereocenters. The molecule has 160 valence electrons. The first kappa shape index (κ1) is 21.8. The molecule has 0 radical (unpaired) electrons. The molecule has 0 aliphatic rings. The smallest absolute Gasteiger partial charge is 0.348 e. The monoisotopic (exact) mass is 495 g/mol. The third-order valence-electron chi connectivity index (χ3n) is 4.29. The highest BCUT2D eigenvalue weighted by molar-refractivity contribution is 8.00. The minimum absolute atomic E-state index is 0.161. The molecule has 0 saturated heterocycles. The lowest BCUT2D eigenvalue weighted by Crippen LogP contribution is -2.15. The fraction of sp³-hybridized carbons (Fsp3) is 0.211. The van der Waals surface area contributed by atoms with Crippen molar-refractivity contribution in [1.29, 1.82) is 0 Å². The maximum atomic E-state index is 12.8. The Labute approximate surface area is 192 Å². The molecular weight excluding hydrogens is 482 g/mol. The molecule has 0 spiro atoms. The second kappa shape index (κ2) is 8.95. The first-order valence-electron chi connectivity index (χ1n) is 8.78. The van der Waals surface area contributed by atoms with Crippen LogP contribution < -0.4 is 5.56 Å². The number of H-pyrrole nitrogens is 1. The summed E-state index contributed by atoms with van der Waals surface area (Å²) in [5, 5.41) is 0.812. The fourth-order valence-electron chi connectivity index (χ4n) is 2.89. The van der Waals surface area contributed by atoms with Gasteiger partial charge in [0.2, 0.25) is 0 Å². The number of aromatic amines is 1. The van der Waals surface area contributed by atoms with Gasteiger partial charge in [-0.05, 0) is 18.2 Å². The molecule has 0 atom stereocenters. The number of aromatic nitrogens is 3. The molecule has 0 aliphatic carbocycles. The van der Waals surface area contributed by atoms with Gasteiger partial charge in [0.15, 0.2) is 4.34 Å². The minimum Gasteiger partial charge on any atom is -0.469 e. The number of carbonyl (C=O) groups excluding carboxylic acids is 2. The summed E-state index contributed by atoms with van der Waals surface area (Å²) in [5.41, 5.74) is 0.641. The average Bonchev–Trinajstić information content (AvgIpc) is 3.32. The van der Waals surface area contributed by atoms with Crippen molar-refractivity contribution in [2.45, 2.75) is 16.5 Å². The highest BCUT2D eigenvalue weighted by Gasteiger charge is 2.24. The van der Waals surface area contributed by atoms with Crippen molar-refractivity contribution in [2.75, 3.05) is 14.2 Å². The van der Waals surface area contributed by atoms with Crippen molar-refractivity contribution in [1.82, 2.24) is 15.0 Å². The van der Waals surface area contributed by atoms with Gasteiger partial charge in [-0.25, -0.2) is 14.8 Å². The van der Waals surface area contributed by atoms with Gasteiger partial charge >= 0.3 is 11.9 Å². The lowest BCUT2D eigenvalue weighted by Gasteiger charge is -2.02. The van der Waals surface area contributed by atoms with Crippen molar-refractivity contribution in [3.05, 3.63) is 49.8 Å². The zero-order chi connectivity index (χ0) is 22.1. The van der Waals surface area contributed by atoms with Crippen molar-refractivity contribution in [3.63, 3.8) is 0 Å². The Morgan fingerprint density at radius 3 is 2.74 bits per heavy atom. The van der Waals surface area contributed by atoms with Gasteiger partial charge < -0.3 is 14.5 Å². The van der Waals surface area contributed by atoms with Crippen LogP contribution in [-0.4, -0.2) is 41.1 Å². The quantitative estimate of drug-likeness (QED) is 0.315. The lowest BCUT2D eigenvalue weighted by atomic mass is 10.1. The summed E-state index contributed by atoms with van der Waals surface area (Å²) >= 11 is 9.97. The van der Waals surface area contributed by atoms with E-state index in [0.29, 0.717) is 21.4 Å². The molecule has 0 aliphatic heterocycles. The van der Waals surface area contributed by atoms with E-state index in [2.05, 4.69) is 19.7 Å². The third-order valence-corrected chi connectivity index (χ3v) is 7.82. The maximum absolute atomic E-state index is 12.8. The van der Waals surface area contributed by atoms with E-state index >= 15 is 0 Å². The van der Waals surface area contributed by atoms with Gasteiger partial charge in [0, 0.05) is 10.6 Å². The van der Waals surface area contributed by atoms with E-state index < -0.39 is 17.5 Å². The molecule has 1 N–H and O–H groups in total. The number of thiophene rings is 1. The van der Waals surface area contributed by atoms with Crippen LogP contribution in [0.25, 0.3) is 20.4 Å². The van der Waals surface area contributed by atoms with Gasteiger partial charge in [-0.2, -0.15) is 0 Å². The van der Waals surface area contributed by atoms with Crippen LogP contribution in [0.1, 0.15) is 21.1 Å². The highest BCUT2D eigenvalue weighted by atomic mass is 35.5. The number of hydrogen-bond acceptors (Lipinski definition) is 10. The van der Waals surface area contributed by atoms with Gasteiger partial charge in [0.25, 0.3) is 5.56 Å². The van der Waals surface area contributed by atoms with Crippen LogP contribution in [0.5, 0.6) is 0 Å². The molecular formula is C19H14ClN3O5S3. The van der Waals surface area contributed by atoms with Crippen LogP contribution in [0.4, 0.5) is 0 Å². The number of fused-ring (bicyclic) bond motifs is 2. The molecule has 31 heavy (non-hydrogen) atoms. The number of nitrogens with zero attached hydrogens (tertiary/aromatic N) is 2. The van der Waals surface area contributed by atoms with E-state index in [-0.39, 0.29) is 22.2 Å². The fourth-order valence-corrected chi connectivity index (χ4v) is 6.11. The average molecular weight is 496 g/mol. The summed E-state index contributed by atoms with van der Waals surface area (Å²) in [7, 11) is 2.47. The molecule has 0 saturated carbocycles. The minimum atomic E-state index is -0.634. The molecule has 12 heteroatoms. The standard InChI is InChI=1S/C19H14ClN3O5S3/c1-27-13(24)6-9-14-16(25)22-12(23-17(14)31-15(9)18(26)28-2)7-29-19-21-10-5-8(20)3-4-11(10)30-19/h3-5H,6-7H2,1-2H3,(H,22,23,25). The van der Waals surface area contributed by atoms with E-state index in [4.69, 9.17) is 16.3 Å². The predicted molar refractivity (Wildman–Crippen MR) is 121 cm³/mol. The van der Waals surface area contributed by atoms with Crippen molar-refractivity contribution in [2.24, 2.45) is 0 Å². The molecule has 4 aromatic rings. The Kier molecular flexibility index (Phi) is 6.28. The molecule has 1 aromatic carbocycles. The summed E-state index contributed by atoms with van der Waals surface area (Å²) in [6, 6.07) is 5.52. The zero-order valence-corrected chi connectivity index (χ0v) is 19.4. The first-order chi connectivity index (χ1) is 14.9. The van der Waals surface area contributed by atoms with Crippen LogP contribution in [-0.2, 0) is 26.4 Å². The second-order valence-corrected chi connectivity index (χ2v) is 9.92. The summed E-state index contributed by atoms with van der Waals surface area (Å²) in [6.45, 7) is 0. The molecule has 0 fully saturated rings. The van der Waals surface area contributed by atoms with Gasteiger partial charge in [0.05, 0.1) is 42.0 Å². The summed E-state index contributed by atoms with van der Waals surface area (Å²) in [5.74, 6) is -0.400. The Morgan fingerprint density at radius 1 is 1.19 bits per heavy atom. The van der Waals surface area contributed by atoms with Gasteiger partial charge in [-0.1, -0.05) is 23.4 Å². The van der Waals surface area contributed by atoms with E-state index in [1.54, 1.807) is 6.07 Å². The van der Waals surface area contributed by atoms with Crippen molar-refractivity contribution < 1.29 is 19.1 Å². The SMILES string of the molecule is COC(=O)Cc1c(C(=O)OC)sc2nc(CSc3nc4cc(Cl)ccc4s3)[nH]c(=O)c12. The molecule has 0 bridgehead atoms. The number of carbonyl (C=O) groups is 2. The Hall–Kier alpha value is -2.47. The second-order valence-electron chi connectivity index (χ2n) is 6.23. The molecule has 8 nitrogen and oxygen atoms in total. The van der Waals surface area contributed by atoms with E-state index in [1.807, 2.05) is 12.1 Å². The van der Waals surface area contributed by atoms with E-state index in [0.717, 1.165) is 25.9 Å². The normalized spacial score (nSPS) is 11.2. The topological polar surface area (TPSA) is 111 Å². The third kappa shape index (κ3) is 4.45. The largest absolute Gasteiger partial charge is 0.469 e. The van der Waals surface area contributed by atoms with Crippen LogP contribution in [0.3, 0.4) is 0 Å².